The van der Waals surface area contributed by atoms with E-state index in [-0.39, 0.29) is 6.10 Å². The zero-order valence-corrected chi connectivity index (χ0v) is 7.58. The van der Waals surface area contributed by atoms with Gasteiger partial charge in [-0.15, -0.1) is 0 Å². The molecule has 3 heteroatoms. The van der Waals surface area contributed by atoms with Gasteiger partial charge in [0.15, 0.2) is 5.60 Å². The third-order valence-electron chi connectivity index (χ3n) is 2.65. The normalized spacial score (nSPS) is 37.2. The SMILES string of the molecule is C=CC1=CC[C@H]2OC(=O)O[C@@]2(C)C1. The summed E-state index contributed by atoms with van der Waals surface area (Å²) in [4.78, 5) is 10.9. The maximum absolute atomic E-state index is 10.9. The van der Waals surface area contributed by atoms with Crippen LogP contribution in [0.4, 0.5) is 4.79 Å². The topological polar surface area (TPSA) is 35.5 Å². The first kappa shape index (κ1) is 8.35. The molecule has 1 fully saturated rings. The molecule has 70 valence electrons. The molecule has 0 aromatic rings. The molecule has 1 saturated heterocycles. The van der Waals surface area contributed by atoms with E-state index in [9.17, 15) is 4.79 Å². The Hall–Kier alpha value is -1.25. The standard InChI is InChI=1S/C10H12O3/c1-3-7-4-5-8-10(2,6-7)13-9(11)12-8/h3-4,8H,1,5-6H2,2H3/t8-,10+/m1/s1. The van der Waals surface area contributed by atoms with Gasteiger partial charge in [-0.3, -0.25) is 0 Å². The summed E-state index contributed by atoms with van der Waals surface area (Å²) < 4.78 is 10.2. The fraction of sp³-hybridized carbons (Fsp3) is 0.500. The molecule has 1 aliphatic carbocycles. The second-order valence-electron chi connectivity index (χ2n) is 3.67. The van der Waals surface area contributed by atoms with Crippen molar-refractivity contribution in [3.63, 3.8) is 0 Å². The van der Waals surface area contributed by atoms with Crippen LogP contribution in [-0.2, 0) is 9.47 Å². The fourth-order valence-corrected chi connectivity index (χ4v) is 1.86. The van der Waals surface area contributed by atoms with Crippen molar-refractivity contribution in [1.29, 1.82) is 0 Å². The van der Waals surface area contributed by atoms with Crippen molar-refractivity contribution >= 4 is 6.16 Å². The first-order chi connectivity index (χ1) is 6.14. The molecule has 0 aromatic carbocycles. The van der Waals surface area contributed by atoms with E-state index in [4.69, 9.17) is 9.47 Å². The van der Waals surface area contributed by atoms with Crippen LogP contribution in [0.1, 0.15) is 19.8 Å². The summed E-state index contributed by atoms with van der Waals surface area (Å²) in [5.41, 5.74) is 0.645. The number of ether oxygens (including phenoxy) is 2. The maximum Gasteiger partial charge on any atom is 0.509 e. The first-order valence-corrected chi connectivity index (χ1v) is 4.35. The summed E-state index contributed by atoms with van der Waals surface area (Å²) in [6.07, 6.45) is 4.60. The summed E-state index contributed by atoms with van der Waals surface area (Å²) in [5, 5.41) is 0. The summed E-state index contributed by atoms with van der Waals surface area (Å²) in [6.45, 7) is 5.60. The number of carbonyl (C=O) groups is 1. The molecule has 1 heterocycles. The number of allylic oxidation sites excluding steroid dienone is 1. The minimum absolute atomic E-state index is 0.122. The van der Waals surface area contributed by atoms with Crippen molar-refractivity contribution in [3.8, 4) is 0 Å². The molecule has 2 rings (SSSR count). The Morgan fingerprint density at radius 2 is 2.54 bits per heavy atom. The van der Waals surface area contributed by atoms with Crippen LogP contribution in [0.15, 0.2) is 24.3 Å². The molecule has 0 amide bonds. The zero-order chi connectivity index (χ0) is 9.47. The van der Waals surface area contributed by atoms with Crippen LogP contribution in [0.25, 0.3) is 0 Å². The molecular formula is C10H12O3. The van der Waals surface area contributed by atoms with E-state index >= 15 is 0 Å². The average Bonchev–Trinajstić information content (AvgIpc) is 2.37. The molecule has 3 nitrogen and oxygen atoms in total. The zero-order valence-electron chi connectivity index (χ0n) is 7.58. The van der Waals surface area contributed by atoms with Crippen molar-refractivity contribution in [1.82, 2.24) is 0 Å². The Balaban J connectivity index is 2.24. The predicted octanol–water partition coefficient (Wildman–Crippen LogP) is 2.19. The highest BCUT2D eigenvalue weighted by molar-refractivity contribution is 5.64. The van der Waals surface area contributed by atoms with Gasteiger partial charge in [0.1, 0.15) is 6.10 Å². The van der Waals surface area contributed by atoms with E-state index < -0.39 is 11.8 Å². The molecule has 13 heavy (non-hydrogen) atoms. The van der Waals surface area contributed by atoms with Crippen LogP contribution < -0.4 is 0 Å². The predicted molar refractivity (Wildman–Crippen MR) is 47.3 cm³/mol. The Morgan fingerprint density at radius 1 is 1.77 bits per heavy atom. The molecule has 1 aliphatic heterocycles. The van der Waals surface area contributed by atoms with Gasteiger partial charge in [-0.05, 0) is 12.5 Å². The summed E-state index contributed by atoms with van der Waals surface area (Å²) >= 11 is 0. The van der Waals surface area contributed by atoms with Crippen LogP contribution in [-0.4, -0.2) is 17.9 Å². The molecule has 0 spiro atoms. The first-order valence-electron chi connectivity index (χ1n) is 4.35. The lowest BCUT2D eigenvalue weighted by Gasteiger charge is -2.30. The lowest BCUT2D eigenvalue weighted by atomic mass is 9.84. The van der Waals surface area contributed by atoms with Crippen molar-refractivity contribution in [2.45, 2.75) is 31.5 Å². The highest BCUT2D eigenvalue weighted by Gasteiger charge is 2.48. The second-order valence-corrected chi connectivity index (χ2v) is 3.67. The number of hydrogen-bond acceptors (Lipinski definition) is 3. The van der Waals surface area contributed by atoms with E-state index in [0.29, 0.717) is 6.42 Å². The van der Waals surface area contributed by atoms with Crippen molar-refractivity contribution < 1.29 is 14.3 Å². The van der Waals surface area contributed by atoms with Crippen molar-refractivity contribution in [3.05, 3.63) is 24.3 Å². The van der Waals surface area contributed by atoms with Gasteiger partial charge in [-0.2, -0.15) is 0 Å². The highest BCUT2D eigenvalue weighted by Crippen LogP contribution is 2.38. The molecule has 0 aromatic heterocycles. The van der Waals surface area contributed by atoms with E-state index in [0.717, 1.165) is 12.0 Å². The van der Waals surface area contributed by atoms with Gasteiger partial charge >= 0.3 is 6.16 Å². The number of rotatable bonds is 1. The van der Waals surface area contributed by atoms with Crippen LogP contribution >= 0.6 is 0 Å². The maximum atomic E-state index is 10.9. The van der Waals surface area contributed by atoms with Gasteiger partial charge in [0.25, 0.3) is 0 Å². The average molecular weight is 180 g/mol. The van der Waals surface area contributed by atoms with Crippen molar-refractivity contribution in [2.75, 3.05) is 0 Å². The van der Waals surface area contributed by atoms with Gasteiger partial charge in [0.05, 0.1) is 0 Å². The van der Waals surface area contributed by atoms with Crippen LogP contribution in [0.2, 0.25) is 0 Å². The number of fused-ring (bicyclic) bond motifs is 1. The summed E-state index contributed by atoms with van der Waals surface area (Å²) in [5.74, 6) is 0. The Labute approximate surface area is 77.0 Å². The lowest BCUT2D eigenvalue weighted by molar-refractivity contribution is 0.0433. The van der Waals surface area contributed by atoms with E-state index in [1.54, 1.807) is 6.08 Å². The molecule has 0 saturated carbocycles. The molecule has 0 N–H and O–H groups in total. The van der Waals surface area contributed by atoms with E-state index in [1.165, 1.54) is 0 Å². The largest absolute Gasteiger partial charge is 0.509 e. The molecule has 2 atom stereocenters. The van der Waals surface area contributed by atoms with Crippen LogP contribution in [0, 0.1) is 0 Å². The highest BCUT2D eigenvalue weighted by atomic mass is 16.8. The number of hydrogen-bond donors (Lipinski definition) is 0. The molecule has 0 bridgehead atoms. The third kappa shape index (κ3) is 1.24. The summed E-state index contributed by atoms with van der Waals surface area (Å²) in [7, 11) is 0. The Morgan fingerprint density at radius 3 is 3.23 bits per heavy atom. The van der Waals surface area contributed by atoms with Crippen molar-refractivity contribution in [2.24, 2.45) is 0 Å². The minimum Gasteiger partial charge on any atom is -0.426 e. The third-order valence-corrected chi connectivity index (χ3v) is 2.65. The van der Waals surface area contributed by atoms with Gasteiger partial charge < -0.3 is 9.47 Å². The van der Waals surface area contributed by atoms with Gasteiger partial charge in [-0.1, -0.05) is 18.7 Å². The molecule has 2 aliphatic rings. The Kier molecular flexibility index (Phi) is 1.68. The van der Waals surface area contributed by atoms with Gasteiger partial charge in [0, 0.05) is 12.8 Å². The fourth-order valence-electron chi connectivity index (χ4n) is 1.86. The quantitative estimate of drug-likeness (QED) is 0.580. The Bertz CT molecular complexity index is 293. The minimum atomic E-state index is -0.550. The van der Waals surface area contributed by atoms with Crippen LogP contribution in [0.5, 0.6) is 0 Å². The lowest BCUT2D eigenvalue weighted by Crippen LogP contribution is -2.38. The molecule has 0 unspecified atom stereocenters. The van der Waals surface area contributed by atoms with E-state index in [1.807, 2.05) is 13.0 Å². The van der Waals surface area contributed by atoms with Gasteiger partial charge in [-0.25, -0.2) is 4.79 Å². The number of carbonyl (C=O) groups excluding carboxylic acids is 1. The summed E-state index contributed by atoms with van der Waals surface area (Å²) in [6, 6.07) is 0. The second kappa shape index (κ2) is 2.62. The van der Waals surface area contributed by atoms with Crippen LogP contribution in [0.3, 0.4) is 0 Å². The smallest absolute Gasteiger partial charge is 0.426 e. The molecule has 0 radical (unpaired) electrons. The molecular weight excluding hydrogens is 168 g/mol. The van der Waals surface area contributed by atoms with E-state index in [2.05, 4.69) is 6.58 Å². The van der Waals surface area contributed by atoms with Gasteiger partial charge in [0.2, 0.25) is 0 Å². The monoisotopic (exact) mass is 180 g/mol.